The second kappa shape index (κ2) is 38.3. The maximum atomic E-state index is 10.8. The van der Waals surface area contributed by atoms with Gasteiger partial charge < -0.3 is 60.0 Å². The average Bonchev–Trinajstić information content (AvgIpc) is 1.71. The number of nitrogens with one attached hydrogen (secondary N) is 10. The van der Waals surface area contributed by atoms with E-state index in [1.54, 1.807) is 106 Å². The summed E-state index contributed by atoms with van der Waals surface area (Å²) in [6.07, 6.45) is 10.0. The van der Waals surface area contributed by atoms with Gasteiger partial charge in [-0.1, -0.05) is 70.2 Å². The Hall–Kier alpha value is -8.10. The fourth-order valence-corrected chi connectivity index (χ4v) is 16.8. The molecular weight excluding hydrogens is 1420 g/mol. The van der Waals surface area contributed by atoms with Gasteiger partial charge in [-0.15, -0.1) is 115 Å². The first kappa shape index (κ1) is 78.9. The van der Waals surface area contributed by atoms with Gasteiger partial charge in [-0.25, -0.2) is 0 Å². The molecule has 10 rings (SSSR count). The molecule has 0 saturated heterocycles. The summed E-state index contributed by atoms with van der Waals surface area (Å²) in [6.45, 7) is 12.9. The van der Waals surface area contributed by atoms with Gasteiger partial charge in [0.05, 0.1) is 85.9 Å². The van der Waals surface area contributed by atoms with Gasteiger partial charge >= 0.3 is 0 Å². The second-order valence-electron chi connectivity index (χ2n) is 21.7. The van der Waals surface area contributed by atoms with E-state index in [4.69, 9.17) is 60.5 Å². The third-order valence-electron chi connectivity index (χ3n) is 13.9. The molecule has 0 spiro atoms. The van der Waals surface area contributed by atoms with Crippen molar-refractivity contribution in [1.82, 2.24) is 0 Å². The van der Waals surface area contributed by atoms with Crippen LogP contribution in [0.3, 0.4) is 0 Å². The van der Waals surface area contributed by atoms with Gasteiger partial charge in [0.1, 0.15) is 34.9 Å². The minimum absolute atomic E-state index is 0.0115. The SMILES string of the molecule is COc1cccc(Nc2cc(C(=N)N)sc2SC)c1.CSc1sc(C(=N)N)cc1Nc1ccc(C(C)C)cc1.CSc1sc(C(=N)N)cc1Nc1ccc(C)c(C)c1.CSc1sc(C(=N)N)cc1Nc1cccc(C(C)C)c1.CSc1sc(C(=N)N)cc1Nc1cccc([N+](=O)[O-])c1. The summed E-state index contributed by atoms with van der Waals surface area (Å²) in [4.78, 5) is 14.2. The van der Waals surface area contributed by atoms with E-state index in [1.165, 1.54) is 68.8 Å². The van der Waals surface area contributed by atoms with Crippen molar-refractivity contribution in [3.8, 4) is 5.75 Å². The highest BCUT2D eigenvalue weighted by Crippen LogP contribution is 2.42. The van der Waals surface area contributed by atoms with Gasteiger partial charge in [0, 0.05) is 46.6 Å². The van der Waals surface area contributed by atoms with Crippen LogP contribution in [-0.4, -0.2) is 72.5 Å². The van der Waals surface area contributed by atoms with Crippen LogP contribution in [0.2, 0.25) is 0 Å². The molecule has 0 amide bonds. The molecule has 0 radical (unpaired) electrons. The van der Waals surface area contributed by atoms with E-state index in [-0.39, 0.29) is 34.9 Å². The van der Waals surface area contributed by atoms with Gasteiger partial charge in [0.25, 0.3) is 5.69 Å². The topological polar surface area (TPSA) is 362 Å². The molecule has 0 fully saturated rings. The molecule has 0 aliphatic carbocycles. The van der Waals surface area contributed by atoms with Crippen molar-refractivity contribution in [1.29, 1.82) is 27.0 Å². The summed E-state index contributed by atoms with van der Waals surface area (Å²) in [6, 6.07) is 46.7. The first-order valence-electron chi connectivity index (χ1n) is 29.8. The van der Waals surface area contributed by atoms with Crippen LogP contribution in [0.5, 0.6) is 5.75 Å². The van der Waals surface area contributed by atoms with E-state index in [9.17, 15) is 10.1 Å². The summed E-state index contributed by atoms with van der Waals surface area (Å²) in [7, 11) is 1.64. The molecule has 5 heterocycles. The third-order valence-corrected chi connectivity index (χ3v) is 25.4. The number of aryl methyl sites for hydroxylation is 2. The Bertz CT molecular complexity index is 4380. The van der Waals surface area contributed by atoms with Crippen molar-refractivity contribution in [3.63, 3.8) is 0 Å². The van der Waals surface area contributed by atoms with E-state index >= 15 is 0 Å². The monoisotopic (exact) mass is 1500 g/mol. The summed E-state index contributed by atoms with van der Waals surface area (Å²) in [5.74, 6) is 2.31. The minimum Gasteiger partial charge on any atom is -0.497 e. The number of benzene rings is 5. The molecule has 0 unspecified atom stereocenters. The Morgan fingerprint density at radius 3 is 1.05 bits per heavy atom. The summed E-state index contributed by atoms with van der Waals surface area (Å²) in [5, 5.41) is 65.0. The number of nitro groups is 1. The third kappa shape index (κ3) is 23.3. The summed E-state index contributed by atoms with van der Waals surface area (Å²) >= 11 is 15.7. The minimum atomic E-state index is -0.435. The van der Waals surface area contributed by atoms with Crippen molar-refractivity contribution < 1.29 is 9.66 Å². The van der Waals surface area contributed by atoms with Gasteiger partial charge in [-0.2, -0.15) is 0 Å². The zero-order valence-electron chi connectivity index (χ0n) is 56.2. The number of ether oxygens (including phenoxy) is 1. The number of non-ortho nitro benzene ring substituents is 1. The first-order chi connectivity index (χ1) is 46.7. The fraction of sp³-hybridized carbons (Fsp3) is 0.203. The summed E-state index contributed by atoms with van der Waals surface area (Å²) < 4.78 is 10.7. The number of nitrogens with zero attached hydrogens (tertiary/aromatic N) is 1. The molecular formula is C69H82N16O3S10. The van der Waals surface area contributed by atoms with Gasteiger partial charge in [0.15, 0.2) is 0 Å². The predicted octanol–water partition coefficient (Wildman–Crippen LogP) is 20.3. The highest BCUT2D eigenvalue weighted by molar-refractivity contribution is 8.01. The highest BCUT2D eigenvalue weighted by Gasteiger charge is 2.17. The summed E-state index contributed by atoms with van der Waals surface area (Å²) in [5.41, 5.74) is 42.5. The van der Waals surface area contributed by atoms with Crippen LogP contribution in [0.1, 0.15) is 86.2 Å². The first-order valence-corrected chi connectivity index (χ1v) is 40.0. The molecule has 29 heteroatoms. The second-order valence-corrected chi connectivity index (χ2v) is 32.3. The lowest BCUT2D eigenvalue weighted by Crippen LogP contribution is -2.08. The van der Waals surface area contributed by atoms with E-state index in [2.05, 4.69) is 135 Å². The number of rotatable bonds is 24. The van der Waals surface area contributed by atoms with Crippen LogP contribution >= 0.6 is 115 Å². The Kier molecular flexibility index (Phi) is 30.8. The van der Waals surface area contributed by atoms with E-state index in [0.29, 0.717) is 22.4 Å². The van der Waals surface area contributed by atoms with Crippen molar-refractivity contribution in [2.45, 2.75) is 74.4 Å². The molecule has 0 saturated carbocycles. The lowest BCUT2D eigenvalue weighted by Gasteiger charge is -2.10. The van der Waals surface area contributed by atoms with Gasteiger partial charge in [-0.05, 0) is 164 Å². The predicted molar refractivity (Wildman–Crippen MR) is 435 cm³/mol. The van der Waals surface area contributed by atoms with Crippen LogP contribution in [-0.2, 0) is 0 Å². The number of hydrogen-bond acceptors (Lipinski definition) is 23. The zero-order valence-corrected chi connectivity index (χ0v) is 64.3. The van der Waals surface area contributed by atoms with Gasteiger partial charge in [0.2, 0.25) is 0 Å². The number of thioether (sulfide) groups is 5. The molecule has 0 bridgehead atoms. The lowest BCUT2D eigenvalue weighted by molar-refractivity contribution is -0.384. The molecule has 0 atom stereocenters. The molecule has 10 aromatic rings. The number of nitro benzene ring substituents is 1. The Balaban J connectivity index is 0.000000193. The highest BCUT2D eigenvalue weighted by atomic mass is 32.2. The fourth-order valence-electron chi connectivity index (χ4n) is 8.65. The molecule has 0 aliphatic heterocycles. The van der Waals surface area contributed by atoms with E-state index in [0.717, 1.165) is 97.5 Å². The zero-order chi connectivity index (χ0) is 71.9. The smallest absolute Gasteiger partial charge is 0.271 e. The number of nitrogens with two attached hydrogens (primary N) is 5. The van der Waals surface area contributed by atoms with Crippen LogP contribution in [0, 0.1) is 51.0 Å². The Morgan fingerprint density at radius 2 is 0.724 bits per heavy atom. The molecule has 19 nitrogen and oxygen atoms in total. The van der Waals surface area contributed by atoms with Crippen molar-refractivity contribution in [3.05, 3.63) is 202 Å². The number of anilines is 10. The molecule has 20 N–H and O–H groups in total. The number of nitrogen functional groups attached to an aromatic ring is 5. The molecule has 5 aromatic carbocycles. The largest absolute Gasteiger partial charge is 0.497 e. The van der Waals surface area contributed by atoms with Crippen LogP contribution in [0.15, 0.2) is 167 Å². The number of hydrogen-bond donors (Lipinski definition) is 15. The van der Waals surface area contributed by atoms with Crippen LogP contribution in [0.4, 0.5) is 62.6 Å². The standard InChI is InChI=1S/2C15H19N3S2.C14H17N3S2.C13H15N3OS2.C12H12N4O2S2/c1-9(2)10-4-6-11(7-5-10)18-12-8-13(14(16)17)20-15(12)19-3;1-9(2)10-5-4-6-11(7-10)18-12-8-13(14(16)17)20-15(12)19-3;1-8-4-5-10(6-9(8)2)17-11-7-12(13(15)16)19-14(11)18-3;1-17-9-5-3-4-8(6-9)16-10-7-11(12(14)15)19-13(10)18-2;1-19-12-9(6-10(20-12)11(13)14)15-7-3-2-4-8(5-7)16(17)18/h2*4-9,18H,1-3H3,(H3,16,17);4-7,17H,1-3H3,(H3,15,16);3-7,16H,1-2H3,(H3,14,15);2-6,15H,1H3,(H3,13,14). The Labute approximate surface area is 614 Å². The van der Waals surface area contributed by atoms with Crippen molar-refractivity contribution in [2.24, 2.45) is 28.7 Å². The average molecular weight is 1500 g/mol. The van der Waals surface area contributed by atoms with E-state index < -0.39 is 4.92 Å². The normalized spacial score (nSPS) is 10.5. The molecule has 98 heavy (non-hydrogen) atoms. The molecule has 516 valence electrons. The molecule has 0 aliphatic rings. The van der Waals surface area contributed by atoms with Crippen LogP contribution < -0.4 is 60.0 Å². The van der Waals surface area contributed by atoms with E-state index in [1.807, 2.05) is 79.8 Å². The number of amidine groups is 5. The van der Waals surface area contributed by atoms with Crippen molar-refractivity contribution >= 4 is 207 Å². The number of thiophene rings is 5. The quantitative estimate of drug-likeness (QED) is 0.00878. The van der Waals surface area contributed by atoms with Gasteiger partial charge in [-0.3, -0.25) is 37.2 Å². The maximum Gasteiger partial charge on any atom is 0.271 e. The van der Waals surface area contributed by atoms with Crippen molar-refractivity contribution in [2.75, 3.05) is 65.0 Å². The lowest BCUT2D eigenvalue weighted by atomic mass is 10.0. The maximum absolute atomic E-state index is 10.8. The number of methoxy groups -OCH3 is 1. The van der Waals surface area contributed by atoms with Crippen LogP contribution in [0.25, 0.3) is 0 Å². The Morgan fingerprint density at radius 1 is 0.408 bits per heavy atom. The molecule has 5 aromatic heterocycles.